The zero-order valence-corrected chi connectivity index (χ0v) is 15.9. The summed E-state index contributed by atoms with van der Waals surface area (Å²) in [5.74, 6) is -0.230. The van der Waals surface area contributed by atoms with Gasteiger partial charge in [0.05, 0.1) is 11.5 Å². The van der Waals surface area contributed by atoms with Gasteiger partial charge in [0.2, 0.25) is 11.8 Å². The number of hydrogen-bond acceptors (Lipinski definition) is 5. The van der Waals surface area contributed by atoms with Crippen LogP contribution in [-0.2, 0) is 9.59 Å². The van der Waals surface area contributed by atoms with Crippen LogP contribution < -0.4 is 5.32 Å². The van der Waals surface area contributed by atoms with Crippen LogP contribution in [0.2, 0.25) is 0 Å². The smallest absolute Gasteiger partial charge is 0.270 e. The van der Waals surface area contributed by atoms with E-state index in [1.165, 1.54) is 18.2 Å². The Morgan fingerprint density at radius 1 is 1.03 bits per heavy atom. The van der Waals surface area contributed by atoms with Crippen LogP contribution >= 0.6 is 0 Å². The molecule has 0 spiro atoms. The van der Waals surface area contributed by atoms with E-state index in [2.05, 4.69) is 5.32 Å². The molecule has 0 radical (unpaired) electrons. The number of rotatable bonds is 6. The normalized spacial score (nSPS) is 14.7. The summed E-state index contributed by atoms with van der Waals surface area (Å²) in [5, 5.41) is 13.7. The molecule has 1 N–H and O–H groups in total. The largest absolute Gasteiger partial charge is 0.337 e. The fourth-order valence-corrected chi connectivity index (χ4v) is 3.07. The molecule has 1 saturated heterocycles. The predicted molar refractivity (Wildman–Crippen MR) is 110 cm³/mol. The SMILES string of the molecule is O=C(CN1CCN(C(=O)/C=C/c2cccc([N+](=O)[O-])c2)CC1)Nc1ccccc1. The molecule has 1 heterocycles. The zero-order valence-electron chi connectivity index (χ0n) is 15.9. The number of amides is 2. The molecule has 2 aromatic carbocycles. The molecule has 2 amide bonds. The highest BCUT2D eigenvalue weighted by molar-refractivity contribution is 5.93. The van der Waals surface area contributed by atoms with Gasteiger partial charge < -0.3 is 10.2 Å². The number of nitro benzene ring substituents is 1. The second kappa shape index (κ2) is 9.61. The second-order valence-corrected chi connectivity index (χ2v) is 6.70. The summed E-state index contributed by atoms with van der Waals surface area (Å²) in [6, 6.07) is 15.4. The molecule has 1 fully saturated rings. The number of para-hydroxylation sites is 1. The van der Waals surface area contributed by atoms with Crippen molar-refractivity contribution in [3.63, 3.8) is 0 Å². The lowest BCUT2D eigenvalue weighted by Crippen LogP contribution is -2.50. The summed E-state index contributed by atoms with van der Waals surface area (Å²) < 4.78 is 0. The number of non-ortho nitro benzene ring substituents is 1. The summed E-state index contributed by atoms with van der Waals surface area (Å²) in [4.78, 5) is 38.6. The average molecular weight is 394 g/mol. The number of carbonyl (C=O) groups excluding carboxylic acids is 2. The van der Waals surface area contributed by atoms with E-state index in [9.17, 15) is 19.7 Å². The lowest BCUT2D eigenvalue weighted by molar-refractivity contribution is -0.384. The van der Waals surface area contributed by atoms with E-state index in [-0.39, 0.29) is 24.0 Å². The minimum atomic E-state index is -0.466. The number of hydrogen-bond donors (Lipinski definition) is 1. The van der Waals surface area contributed by atoms with Gasteiger partial charge in [-0.05, 0) is 23.8 Å². The van der Waals surface area contributed by atoms with Crippen LogP contribution in [-0.4, -0.2) is 59.3 Å². The van der Waals surface area contributed by atoms with Crippen molar-refractivity contribution in [1.29, 1.82) is 0 Å². The molecule has 8 heteroatoms. The van der Waals surface area contributed by atoms with Crippen LogP contribution in [0.3, 0.4) is 0 Å². The van der Waals surface area contributed by atoms with Crippen LogP contribution in [0.4, 0.5) is 11.4 Å². The number of carbonyl (C=O) groups is 2. The molecule has 150 valence electrons. The third-order valence-electron chi connectivity index (χ3n) is 4.61. The summed E-state index contributed by atoms with van der Waals surface area (Å²) in [7, 11) is 0. The maximum absolute atomic E-state index is 12.4. The highest BCUT2D eigenvalue weighted by Crippen LogP contribution is 2.14. The van der Waals surface area contributed by atoms with Gasteiger partial charge in [-0.1, -0.05) is 30.3 Å². The lowest BCUT2D eigenvalue weighted by atomic mass is 10.2. The van der Waals surface area contributed by atoms with Gasteiger partial charge in [-0.15, -0.1) is 0 Å². The third-order valence-corrected chi connectivity index (χ3v) is 4.61. The Hall–Kier alpha value is -3.52. The van der Waals surface area contributed by atoms with E-state index >= 15 is 0 Å². The van der Waals surface area contributed by atoms with E-state index in [0.29, 0.717) is 31.7 Å². The van der Waals surface area contributed by atoms with Gasteiger partial charge in [-0.3, -0.25) is 24.6 Å². The Bertz CT molecular complexity index is 906. The summed E-state index contributed by atoms with van der Waals surface area (Å²) in [6.45, 7) is 2.55. The highest BCUT2D eigenvalue weighted by atomic mass is 16.6. The molecule has 1 aliphatic heterocycles. The van der Waals surface area contributed by atoms with Gasteiger partial charge in [0.25, 0.3) is 5.69 Å². The molecule has 0 bridgehead atoms. The Labute approximate surface area is 168 Å². The fourth-order valence-electron chi connectivity index (χ4n) is 3.07. The zero-order chi connectivity index (χ0) is 20.6. The molecule has 0 unspecified atom stereocenters. The first-order valence-corrected chi connectivity index (χ1v) is 9.30. The summed E-state index contributed by atoms with van der Waals surface area (Å²) in [5.41, 5.74) is 1.35. The summed E-state index contributed by atoms with van der Waals surface area (Å²) >= 11 is 0. The van der Waals surface area contributed by atoms with Crippen molar-refractivity contribution < 1.29 is 14.5 Å². The number of nitrogens with one attached hydrogen (secondary N) is 1. The lowest BCUT2D eigenvalue weighted by Gasteiger charge is -2.33. The molecule has 0 aliphatic carbocycles. The third kappa shape index (κ3) is 5.98. The van der Waals surface area contributed by atoms with Crippen LogP contribution in [0.5, 0.6) is 0 Å². The van der Waals surface area contributed by atoms with Crippen LogP contribution in [0, 0.1) is 10.1 Å². The van der Waals surface area contributed by atoms with Crippen LogP contribution in [0.15, 0.2) is 60.7 Å². The highest BCUT2D eigenvalue weighted by Gasteiger charge is 2.21. The van der Waals surface area contributed by atoms with Crippen LogP contribution in [0.1, 0.15) is 5.56 Å². The Morgan fingerprint density at radius 2 is 1.76 bits per heavy atom. The topological polar surface area (TPSA) is 95.8 Å². The molecule has 1 aliphatic rings. The number of anilines is 1. The van der Waals surface area contributed by atoms with Gasteiger partial charge in [0, 0.05) is 50.1 Å². The van der Waals surface area contributed by atoms with Gasteiger partial charge in [0.1, 0.15) is 0 Å². The number of nitrogens with zero attached hydrogens (tertiary/aromatic N) is 3. The fraction of sp³-hybridized carbons (Fsp3) is 0.238. The molecule has 0 saturated carbocycles. The van der Waals surface area contributed by atoms with Crippen molar-refractivity contribution in [2.24, 2.45) is 0 Å². The molecule has 0 aromatic heterocycles. The minimum absolute atomic E-state index is 0.0120. The Balaban J connectivity index is 1.46. The first kappa shape index (κ1) is 20.2. The minimum Gasteiger partial charge on any atom is -0.337 e. The van der Waals surface area contributed by atoms with Crippen molar-refractivity contribution in [2.75, 3.05) is 38.0 Å². The standard InChI is InChI=1S/C21H22N4O4/c26-20(22-18-6-2-1-3-7-18)16-23-11-13-24(14-12-23)21(27)10-9-17-5-4-8-19(15-17)25(28)29/h1-10,15H,11-14,16H2,(H,22,26)/b10-9+. The molecular weight excluding hydrogens is 372 g/mol. The van der Waals surface area contributed by atoms with Crippen molar-refractivity contribution >= 4 is 29.3 Å². The Kier molecular flexibility index (Phi) is 6.70. The second-order valence-electron chi connectivity index (χ2n) is 6.70. The maximum atomic E-state index is 12.4. The van der Waals surface area contributed by atoms with E-state index in [1.807, 2.05) is 35.2 Å². The Morgan fingerprint density at radius 3 is 2.45 bits per heavy atom. The molecule has 3 rings (SSSR count). The quantitative estimate of drug-likeness (QED) is 0.461. The molecule has 8 nitrogen and oxygen atoms in total. The predicted octanol–water partition coefficient (Wildman–Crippen LogP) is 2.39. The number of benzene rings is 2. The van der Waals surface area contributed by atoms with Crippen molar-refractivity contribution in [2.45, 2.75) is 0 Å². The first-order chi connectivity index (χ1) is 14.0. The van der Waals surface area contributed by atoms with Crippen molar-refractivity contribution in [3.05, 3.63) is 76.4 Å². The van der Waals surface area contributed by atoms with E-state index in [1.54, 1.807) is 23.1 Å². The molecule has 0 atom stereocenters. The van der Waals surface area contributed by atoms with Crippen molar-refractivity contribution in [1.82, 2.24) is 9.80 Å². The van der Waals surface area contributed by atoms with Crippen molar-refractivity contribution in [3.8, 4) is 0 Å². The van der Waals surface area contributed by atoms with E-state index in [4.69, 9.17) is 0 Å². The molecule has 29 heavy (non-hydrogen) atoms. The number of piperazine rings is 1. The van der Waals surface area contributed by atoms with Gasteiger partial charge in [0.15, 0.2) is 0 Å². The average Bonchev–Trinajstić information content (AvgIpc) is 2.73. The first-order valence-electron chi connectivity index (χ1n) is 9.30. The van der Waals surface area contributed by atoms with Gasteiger partial charge in [-0.2, -0.15) is 0 Å². The van der Waals surface area contributed by atoms with Crippen LogP contribution in [0.25, 0.3) is 6.08 Å². The maximum Gasteiger partial charge on any atom is 0.270 e. The molecule has 2 aromatic rings. The van der Waals surface area contributed by atoms with Gasteiger partial charge in [-0.25, -0.2) is 0 Å². The van der Waals surface area contributed by atoms with Gasteiger partial charge >= 0.3 is 0 Å². The van der Waals surface area contributed by atoms with E-state index < -0.39 is 4.92 Å². The number of nitro groups is 1. The molecular formula is C21H22N4O4. The van der Waals surface area contributed by atoms with E-state index in [0.717, 1.165) is 5.69 Å². The monoisotopic (exact) mass is 394 g/mol. The summed E-state index contributed by atoms with van der Waals surface area (Å²) in [6.07, 6.45) is 3.01.